The second-order valence-corrected chi connectivity index (χ2v) is 4.12. The fourth-order valence-electron chi connectivity index (χ4n) is 1.66. The first-order valence-corrected chi connectivity index (χ1v) is 5.41. The van der Waals surface area contributed by atoms with Crippen LogP contribution in [0, 0.1) is 6.92 Å². The quantitative estimate of drug-likeness (QED) is 0.758. The van der Waals surface area contributed by atoms with Gasteiger partial charge < -0.3 is 15.9 Å². The number of benzene rings is 1. The smallest absolute Gasteiger partial charge is 0.303 e. The van der Waals surface area contributed by atoms with Gasteiger partial charge in [-0.05, 0) is 30.5 Å². The van der Waals surface area contributed by atoms with Crippen LogP contribution >= 0.6 is 0 Å². The maximum atomic E-state index is 12.7. The highest BCUT2D eigenvalue weighted by Gasteiger charge is 2.18. The number of alkyl halides is 2. The van der Waals surface area contributed by atoms with E-state index in [2.05, 4.69) is 0 Å². The van der Waals surface area contributed by atoms with Crippen molar-refractivity contribution in [2.24, 2.45) is 5.73 Å². The summed E-state index contributed by atoms with van der Waals surface area (Å²) in [6, 6.07) is 1.98. The molecule has 6 heteroatoms. The van der Waals surface area contributed by atoms with Gasteiger partial charge in [0.1, 0.15) is 5.75 Å². The summed E-state index contributed by atoms with van der Waals surface area (Å²) in [5.74, 6) is -1.44. The van der Waals surface area contributed by atoms with E-state index in [0.717, 1.165) is 6.07 Å². The number of carbonyl (C=O) groups is 1. The predicted molar refractivity (Wildman–Crippen MR) is 61.6 cm³/mol. The fourth-order valence-corrected chi connectivity index (χ4v) is 1.66. The van der Waals surface area contributed by atoms with Crippen LogP contribution in [0.15, 0.2) is 12.1 Å². The second kappa shape index (κ2) is 5.77. The lowest BCUT2D eigenvalue weighted by molar-refractivity contribution is -0.137. The first kappa shape index (κ1) is 14.4. The number of nitrogens with two attached hydrogens (primary N) is 1. The number of aliphatic carboxylic acids is 1. The summed E-state index contributed by atoms with van der Waals surface area (Å²) in [6.45, 7) is 1.49. The molecule has 1 unspecified atom stereocenters. The normalized spacial score (nSPS) is 12.7. The van der Waals surface area contributed by atoms with E-state index in [9.17, 15) is 18.7 Å². The Morgan fingerprint density at radius 3 is 2.56 bits per heavy atom. The Labute approximate surface area is 103 Å². The first-order valence-electron chi connectivity index (χ1n) is 5.41. The molecule has 0 saturated carbocycles. The third-order valence-electron chi connectivity index (χ3n) is 2.68. The Morgan fingerprint density at radius 1 is 1.44 bits per heavy atom. The molecule has 0 heterocycles. The van der Waals surface area contributed by atoms with Crippen molar-refractivity contribution in [2.45, 2.75) is 32.2 Å². The molecule has 0 fully saturated rings. The number of carboxylic acid groups (broad SMARTS) is 1. The first-order chi connectivity index (χ1) is 8.32. The van der Waals surface area contributed by atoms with Crippen molar-refractivity contribution in [3.63, 3.8) is 0 Å². The van der Waals surface area contributed by atoms with E-state index in [1.807, 2.05) is 0 Å². The van der Waals surface area contributed by atoms with Crippen molar-refractivity contribution < 1.29 is 23.8 Å². The zero-order valence-corrected chi connectivity index (χ0v) is 9.86. The maximum Gasteiger partial charge on any atom is 0.303 e. The number of rotatable bonds is 5. The highest BCUT2D eigenvalue weighted by molar-refractivity contribution is 5.66. The molecule has 1 aromatic carbocycles. The summed E-state index contributed by atoms with van der Waals surface area (Å²) in [5.41, 5.74) is 5.97. The van der Waals surface area contributed by atoms with Gasteiger partial charge >= 0.3 is 5.97 Å². The molecule has 0 radical (unpaired) electrons. The number of aromatic hydroxyl groups is 1. The summed E-state index contributed by atoms with van der Waals surface area (Å²) < 4.78 is 25.3. The summed E-state index contributed by atoms with van der Waals surface area (Å²) in [4.78, 5) is 10.4. The number of phenols is 1. The van der Waals surface area contributed by atoms with Crippen molar-refractivity contribution in [3.8, 4) is 5.75 Å². The lowest BCUT2D eigenvalue weighted by Crippen LogP contribution is -2.13. The van der Waals surface area contributed by atoms with Crippen LogP contribution in [0.1, 0.15) is 42.0 Å². The second-order valence-electron chi connectivity index (χ2n) is 4.12. The third kappa shape index (κ3) is 3.40. The average molecular weight is 259 g/mol. The molecule has 100 valence electrons. The van der Waals surface area contributed by atoms with E-state index >= 15 is 0 Å². The number of phenolic OH excluding ortho intramolecular Hbond substituents is 1. The van der Waals surface area contributed by atoms with Gasteiger partial charge in [0.2, 0.25) is 0 Å². The molecule has 1 atom stereocenters. The molecule has 18 heavy (non-hydrogen) atoms. The molecule has 0 aromatic heterocycles. The van der Waals surface area contributed by atoms with Gasteiger partial charge in [-0.2, -0.15) is 0 Å². The molecule has 0 spiro atoms. The van der Waals surface area contributed by atoms with Crippen LogP contribution in [-0.4, -0.2) is 16.2 Å². The highest BCUT2D eigenvalue weighted by atomic mass is 19.3. The number of hydrogen-bond donors (Lipinski definition) is 3. The number of halogens is 2. The summed E-state index contributed by atoms with van der Waals surface area (Å²) in [7, 11) is 0. The minimum atomic E-state index is -2.80. The number of aryl methyl sites for hydroxylation is 1. The molecule has 0 amide bonds. The van der Waals surface area contributed by atoms with E-state index in [0.29, 0.717) is 11.1 Å². The molecular formula is C12H15F2NO3. The average Bonchev–Trinajstić information content (AvgIpc) is 2.28. The van der Waals surface area contributed by atoms with Gasteiger partial charge in [-0.1, -0.05) is 6.07 Å². The van der Waals surface area contributed by atoms with Gasteiger partial charge in [0, 0.05) is 12.5 Å². The van der Waals surface area contributed by atoms with Gasteiger partial charge in [0.05, 0.1) is 5.56 Å². The molecule has 0 aliphatic carbocycles. The molecule has 4 nitrogen and oxygen atoms in total. The maximum absolute atomic E-state index is 12.7. The minimum Gasteiger partial charge on any atom is -0.507 e. The van der Waals surface area contributed by atoms with Crippen molar-refractivity contribution in [2.75, 3.05) is 0 Å². The molecule has 0 aliphatic heterocycles. The molecule has 0 saturated heterocycles. The van der Waals surface area contributed by atoms with Crippen molar-refractivity contribution in [3.05, 3.63) is 28.8 Å². The largest absolute Gasteiger partial charge is 0.507 e. The molecule has 0 bridgehead atoms. The molecule has 1 rings (SSSR count). The van der Waals surface area contributed by atoms with Crippen molar-refractivity contribution in [1.82, 2.24) is 0 Å². The van der Waals surface area contributed by atoms with E-state index in [-0.39, 0.29) is 12.8 Å². The molecule has 4 N–H and O–H groups in total. The fraction of sp³-hybridized carbons (Fsp3) is 0.417. The van der Waals surface area contributed by atoms with E-state index < -0.39 is 29.7 Å². The zero-order valence-electron chi connectivity index (χ0n) is 9.86. The SMILES string of the molecule is Cc1cc(C(N)CCC(=O)O)cc(C(F)F)c1O. The lowest BCUT2D eigenvalue weighted by atomic mass is 9.97. The Kier molecular flexibility index (Phi) is 4.61. The summed E-state index contributed by atoms with van der Waals surface area (Å²) in [5, 5.41) is 18.0. The van der Waals surface area contributed by atoms with Gasteiger partial charge in [-0.3, -0.25) is 4.79 Å². The van der Waals surface area contributed by atoms with Crippen LogP contribution in [0.25, 0.3) is 0 Å². The topological polar surface area (TPSA) is 83.6 Å². The highest BCUT2D eigenvalue weighted by Crippen LogP contribution is 2.34. The van der Waals surface area contributed by atoms with E-state index in [1.54, 1.807) is 0 Å². The minimum absolute atomic E-state index is 0.134. The van der Waals surface area contributed by atoms with E-state index in [1.165, 1.54) is 13.0 Å². The standard InChI is InChI=1S/C12H15F2NO3/c1-6-4-7(9(15)2-3-10(16)17)5-8(11(6)18)12(13)14/h4-5,9,12,18H,2-3,15H2,1H3,(H,16,17). The van der Waals surface area contributed by atoms with Crippen LogP contribution in [0.3, 0.4) is 0 Å². The number of carboxylic acids is 1. The summed E-state index contributed by atoms with van der Waals surface area (Å²) >= 11 is 0. The van der Waals surface area contributed by atoms with Crippen LogP contribution < -0.4 is 5.73 Å². The summed E-state index contributed by atoms with van der Waals surface area (Å²) in [6.07, 6.45) is -2.77. The van der Waals surface area contributed by atoms with Gasteiger partial charge in [0.15, 0.2) is 0 Å². The Bertz CT molecular complexity index is 449. The predicted octanol–water partition coefficient (Wildman–Crippen LogP) is 2.50. The van der Waals surface area contributed by atoms with Gasteiger partial charge in [0.25, 0.3) is 6.43 Å². The van der Waals surface area contributed by atoms with Crippen LogP contribution in [0.5, 0.6) is 5.75 Å². The van der Waals surface area contributed by atoms with Crippen LogP contribution in [0.2, 0.25) is 0 Å². The van der Waals surface area contributed by atoms with Crippen molar-refractivity contribution in [1.29, 1.82) is 0 Å². The van der Waals surface area contributed by atoms with Crippen molar-refractivity contribution >= 4 is 5.97 Å². The van der Waals surface area contributed by atoms with Crippen LogP contribution in [0.4, 0.5) is 8.78 Å². The van der Waals surface area contributed by atoms with Gasteiger partial charge in [-0.25, -0.2) is 8.78 Å². The zero-order chi connectivity index (χ0) is 13.9. The molecular weight excluding hydrogens is 244 g/mol. The Morgan fingerprint density at radius 2 is 2.06 bits per heavy atom. The monoisotopic (exact) mass is 259 g/mol. The number of hydrogen-bond acceptors (Lipinski definition) is 3. The molecule has 1 aromatic rings. The molecule has 0 aliphatic rings. The third-order valence-corrected chi connectivity index (χ3v) is 2.68. The van der Waals surface area contributed by atoms with Crippen LogP contribution in [-0.2, 0) is 4.79 Å². The van der Waals surface area contributed by atoms with Gasteiger partial charge in [-0.15, -0.1) is 0 Å². The Balaban J connectivity index is 2.99. The van der Waals surface area contributed by atoms with E-state index in [4.69, 9.17) is 10.8 Å². The lowest BCUT2D eigenvalue weighted by Gasteiger charge is -2.15. The Hall–Kier alpha value is -1.69.